The average molecular weight is 617 g/mol. The summed E-state index contributed by atoms with van der Waals surface area (Å²) in [6.07, 6.45) is 5.15. The fraction of sp³-hybridized carbons (Fsp3) is 0.300. The predicted molar refractivity (Wildman–Crippen MR) is 186 cm³/mol. The van der Waals surface area contributed by atoms with Crippen LogP contribution in [0.25, 0.3) is 17.2 Å². The highest BCUT2D eigenvalue weighted by Crippen LogP contribution is 2.43. The maximum atomic E-state index is 14.4. The molecular weight excluding hydrogens is 572 g/mol. The van der Waals surface area contributed by atoms with Crippen molar-refractivity contribution in [1.82, 2.24) is 5.32 Å². The number of rotatable bonds is 13. The highest BCUT2D eigenvalue weighted by atomic mass is 16.5. The number of ether oxygens (including phenoxy) is 2. The molecule has 4 aromatic carbocycles. The van der Waals surface area contributed by atoms with Crippen molar-refractivity contribution in [3.05, 3.63) is 132 Å². The van der Waals surface area contributed by atoms with Crippen LogP contribution in [0.4, 0.5) is 0 Å². The van der Waals surface area contributed by atoms with Gasteiger partial charge in [0, 0.05) is 31.6 Å². The minimum atomic E-state index is -1.23. The SMILES string of the molecule is CC(C)(C)CCNC(=O)[C@]1(C/C=C/c2ccccc2)N=C(c2ccc(OCCCO)cc2)O[C@@H]1c1ccc(-c2ccccc2)cc1. The van der Waals surface area contributed by atoms with Crippen molar-refractivity contribution in [1.29, 1.82) is 0 Å². The van der Waals surface area contributed by atoms with E-state index in [9.17, 15) is 4.79 Å². The molecular formula is C40H44N2O4. The lowest BCUT2D eigenvalue weighted by molar-refractivity contribution is -0.128. The van der Waals surface area contributed by atoms with Gasteiger partial charge in [0.2, 0.25) is 5.90 Å². The summed E-state index contributed by atoms with van der Waals surface area (Å²) in [6.45, 7) is 7.55. The summed E-state index contributed by atoms with van der Waals surface area (Å²) in [4.78, 5) is 19.5. The van der Waals surface area contributed by atoms with E-state index in [2.05, 4.69) is 50.4 Å². The van der Waals surface area contributed by atoms with Crippen molar-refractivity contribution in [2.75, 3.05) is 19.8 Å². The third-order valence-corrected chi connectivity index (χ3v) is 8.05. The molecule has 0 aliphatic carbocycles. The lowest BCUT2D eigenvalue weighted by Gasteiger charge is -2.30. The van der Waals surface area contributed by atoms with E-state index in [-0.39, 0.29) is 17.9 Å². The normalized spacial score (nSPS) is 17.8. The molecule has 1 amide bonds. The number of hydrogen-bond donors (Lipinski definition) is 2. The lowest BCUT2D eigenvalue weighted by Crippen LogP contribution is -2.48. The first-order valence-electron chi connectivity index (χ1n) is 16.0. The smallest absolute Gasteiger partial charge is 0.252 e. The van der Waals surface area contributed by atoms with Gasteiger partial charge in [-0.15, -0.1) is 0 Å². The van der Waals surface area contributed by atoms with Gasteiger partial charge in [-0.1, -0.05) is 118 Å². The largest absolute Gasteiger partial charge is 0.494 e. The van der Waals surface area contributed by atoms with E-state index >= 15 is 0 Å². The summed E-state index contributed by atoms with van der Waals surface area (Å²) in [5.41, 5.74) is 3.74. The summed E-state index contributed by atoms with van der Waals surface area (Å²) >= 11 is 0. The molecule has 0 unspecified atom stereocenters. The highest BCUT2D eigenvalue weighted by molar-refractivity contribution is 6.01. The molecule has 0 spiro atoms. The van der Waals surface area contributed by atoms with E-state index in [0.29, 0.717) is 37.6 Å². The molecule has 0 aromatic heterocycles. The fourth-order valence-corrected chi connectivity index (χ4v) is 5.44. The highest BCUT2D eigenvalue weighted by Gasteiger charge is 2.52. The molecule has 0 fully saturated rings. The molecule has 46 heavy (non-hydrogen) atoms. The van der Waals surface area contributed by atoms with Crippen LogP contribution in [-0.4, -0.2) is 42.2 Å². The molecule has 2 atom stereocenters. The summed E-state index contributed by atoms with van der Waals surface area (Å²) < 4.78 is 12.4. The van der Waals surface area contributed by atoms with Crippen molar-refractivity contribution >= 4 is 17.9 Å². The summed E-state index contributed by atoms with van der Waals surface area (Å²) in [5.74, 6) is 0.949. The molecule has 1 aliphatic rings. The number of carbonyl (C=O) groups is 1. The Morgan fingerprint density at radius 3 is 2.17 bits per heavy atom. The maximum Gasteiger partial charge on any atom is 0.252 e. The first kappa shape index (κ1) is 32.7. The Hall–Kier alpha value is -4.68. The van der Waals surface area contributed by atoms with Crippen molar-refractivity contribution in [3.8, 4) is 16.9 Å². The van der Waals surface area contributed by atoms with Crippen molar-refractivity contribution < 1.29 is 19.4 Å². The molecule has 5 rings (SSSR count). The zero-order valence-electron chi connectivity index (χ0n) is 27.0. The standard InChI is InChI=1S/C40H44N2O4/c1-39(2,3)26-27-41-38(44)40(25-10-14-30-12-6-4-7-13-30)36(33-19-17-32(18-20-33)31-15-8-5-9-16-31)46-37(42-40)34-21-23-35(24-22-34)45-29-11-28-43/h4-10,12-24,36,43H,11,25-29H2,1-3H3,(H,41,44)/b14-10+/t36-,40-/m1/s1. The van der Waals surface area contributed by atoms with Crippen LogP contribution < -0.4 is 10.1 Å². The third-order valence-electron chi connectivity index (χ3n) is 8.05. The monoisotopic (exact) mass is 616 g/mol. The number of benzene rings is 4. The molecule has 238 valence electrons. The summed E-state index contributed by atoms with van der Waals surface area (Å²) in [5, 5.41) is 12.3. The number of carbonyl (C=O) groups excluding carboxylic acids is 1. The minimum absolute atomic E-state index is 0.0714. The Morgan fingerprint density at radius 2 is 1.52 bits per heavy atom. The molecule has 1 heterocycles. The molecule has 0 bridgehead atoms. The number of amides is 1. The van der Waals surface area contributed by atoms with Gasteiger partial charge in [0.05, 0.1) is 6.61 Å². The number of aliphatic hydroxyl groups excluding tert-OH is 1. The molecule has 6 heteroatoms. The van der Waals surface area contributed by atoms with Crippen molar-refractivity contribution in [2.45, 2.75) is 51.7 Å². The van der Waals surface area contributed by atoms with Gasteiger partial charge in [0.15, 0.2) is 11.6 Å². The first-order chi connectivity index (χ1) is 22.3. The Morgan fingerprint density at radius 1 is 0.891 bits per heavy atom. The lowest BCUT2D eigenvalue weighted by atomic mass is 9.83. The van der Waals surface area contributed by atoms with Gasteiger partial charge in [0.25, 0.3) is 5.91 Å². The van der Waals surface area contributed by atoms with E-state index in [4.69, 9.17) is 19.6 Å². The molecule has 0 radical (unpaired) electrons. The zero-order valence-corrected chi connectivity index (χ0v) is 27.0. The van der Waals surface area contributed by atoms with Crippen LogP contribution in [0.2, 0.25) is 0 Å². The Labute approximate surface area is 272 Å². The van der Waals surface area contributed by atoms with E-state index in [1.807, 2.05) is 97.1 Å². The van der Waals surface area contributed by atoms with Crippen LogP contribution in [0.5, 0.6) is 5.75 Å². The van der Waals surface area contributed by atoms with Gasteiger partial charge >= 0.3 is 0 Å². The first-order valence-corrected chi connectivity index (χ1v) is 16.0. The van der Waals surface area contributed by atoms with Crippen molar-refractivity contribution in [3.63, 3.8) is 0 Å². The van der Waals surface area contributed by atoms with Crippen LogP contribution in [0.1, 0.15) is 62.8 Å². The number of nitrogens with one attached hydrogen (secondary N) is 1. The van der Waals surface area contributed by atoms with E-state index < -0.39 is 11.6 Å². The third kappa shape index (κ3) is 8.32. The molecule has 1 aliphatic heterocycles. The minimum Gasteiger partial charge on any atom is -0.494 e. The van der Waals surface area contributed by atoms with Crippen LogP contribution in [0.15, 0.2) is 120 Å². The second-order valence-corrected chi connectivity index (χ2v) is 12.9. The van der Waals surface area contributed by atoms with Gasteiger partial charge in [-0.05, 0) is 58.4 Å². The molecule has 0 saturated heterocycles. The van der Waals surface area contributed by atoms with Crippen molar-refractivity contribution in [2.24, 2.45) is 10.4 Å². The topological polar surface area (TPSA) is 80.2 Å². The number of aliphatic imine (C=N–C) groups is 1. The zero-order chi connectivity index (χ0) is 32.4. The Bertz CT molecular complexity index is 1610. The van der Waals surface area contributed by atoms with E-state index in [0.717, 1.165) is 34.2 Å². The van der Waals surface area contributed by atoms with Gasteiger partial charge in [0.1, 0.15) is 5.75 Å². The van der Waals surface area contributed by atoms with Gasteiger partial charge in [-0.25, -0.2) is 4.99 Å². The van der Waals surface area contributed by atoms with Crippen LogP contribution in [0, 0.1) is 5.41 Å². The van der Waals surface area contributed by atoms with E-state index in [1.165, 1.54) is 0 Å². The Kier molecular flexibility index (Phi) is 10.7. The number of hydrogen-bond acceptors (Lipinski definition) is 5. The van der Waals surface area contributed by atoms with Crippen LogP contribution in [-0.2, 0) is 9.53 Å². The van der Waals surface area contributed by atoms with Crippen LogP contribution in [0.3, 0.4) is 0 Å². The molecule has 4 aromatic rings. The molecule has 2 N–H and O–H groups in total. The van der Waals surface area contributed by atoms with Gasteiger partial charge in [-0.2, -0.15) is 0 Å². The molecule has 0 saturated carbocycles. The predicted octanol–water partition coefficient (Wildman–Crippen LogP) is 8.03. The van der Waals surface area contributed by atoms with Gasteiger partial charge < -0.3 is 19.9 Å². The average Bonchev–Trinajstić information content (AvgIpc) is 3.46. The van der Waals surface area contributed by atoms with E-state index in [1.54, 1.807) is 0 Å². The number of nitrogens with zero attached hydrogens (tertiary/aromatic N) is 1. The maximum absolute atomic E-state index is 14.4. The van der Waals surface area contributed by atoms with Gasteiger partial charge in [-0.3, -0.25) is 4.79 Å². The summed E-state index contributed by atoms with van der Waals surface area (Å²) in [7, 11) is 0. The quantitative estimate of drug-likeness (QED) is 0.149. The second kappa shape index (κ2) is 15.1. The van der Waals surface area contributed by atoms with Crippen LogP contribution >= 0.6 is 0 Å². The fourth-order valence-electron chi connectivity index (χ4n) is 5.44. The second-order valence-electron chi connectivity index (χ2n) is 12.9. The summed E-state index contributed by atoms with van der Waals surface area (Å²) in [6, 6.07) is 36.0. The Balaban J connectivity index is 1.52. The number of aliphatic hydroxyl groups is 1. The molecule has 6 nitrogen and oxygen atoms in total.